The Kier molecular flexibility index (Phi) is 4.35. The normalized spacial score (nSPS) is 10.8. The van der Waals surface area contributed by atoms with Crippen LogP contribution in [0.25, 0.3) is 0 Å². The van der Waals surface area contributed by atoms with Gasteiger partial charge in [-0.05, 0) is 18.2 Å². The van der Waals surface area contributed by atoms with Crippen molar-refractivity contribution in [3.05, 3.63) is 23.8 Å². The number of anilines is 2. The van der Waals surface area contributed by atoms with Crippen molar-refractivity contribution in [2.45, 2.75) is 6.92 Å². The Morgan fingerprint density at radius 2 is 2.18 bits per heavy atom. The lowest BCUT2D eigenvalue weighted by molar-refractivity contribution is 0.597. The van der Waals surface area contributed by atoms with Crippen LogP contribution in [-0.4, -0.2) is 26.5 Å². The highest BCUT2D eigenvalue weighted by Gasteiger charge is 2.06. The summed E-state index contributed by atoms with van der Waals surface area (Å²) in [7, 11) is -2.97. The summed E-state index contributed by atoms with van der Waals surface area (Å²) in [5.41, 5.74) is 7.07. The van der Waals surface area contributed by atoms with Crippen LogP contribution in [0.5, 0.6) is 0 Å². The van der Waals surface area contributed by atoms with Gasteiger partial charge in [-0.3, -0.25) is 0 Å². The van der Waals surface area contributed by atoms with Crippen LogP contribution in [0.2, 0.25) is 0 Å². The van der Waals surface area contributed by atoms with E-state index < -0.39 is 9.84 Å². The summed E-state index contributed by atoms with van der Waals surface area (Å²) in [6, 6.07) is 6.91. The number of hydrogen-bond acceptors (Lipinski definition) is 5. The number of nitrogen functional groups attached to an aromatic ring is 1. The Bertz CT molecular complexity index is 532. The number of benzene rings is 1. The Morgan fingerprint density at radius 3 is 2.76 bits per heavy atom. The number of nitrogens with zero attached hydrogens (tertiary/aromatic N) is 1. The van der Waals surface area contributed by atoms with E-state index in [0.717, 1.165) is 0 Å². The molecule has 0 saturated heterocycles. The molecule has 0 aliphatic carbocycles. The van der Waals surface area contributed by atoms with E-state index in [4.69, 9.17) is 11.0 Å². The highest BCUT2D eigenvalue weighted by atomic mass is 32.2. The molecule has 92 valence electrons. The third-order valence-corrected chi connectivity index (χ3v) is 4.06. The number of hydrogen-bond donors (Lipinski definition) is 2. The SMILES string of the molecule is CCS(=O)(=O)CCNc1ccc(N)c(C#N)c1. The summed E-state index contributed by atoms with van der Waals surface area (Å²) in [6.07, 6.45) is 0. The van der Waals surface area contributed by atoms with Crippen molar-refractivity contribution >= 4 is 21.2 Å². The molecule has 17 heavy (non-hydrogen) atoms. The molecule has 0 unspecified atom stereocenters. The lowest BCUT2D eigenvalue weighted by atomic mass is 10.2. The monoisotopic (exact) mass is 253 g/mol. The molecule has 0 atom stereocenters. The minimum Gasteiger partial charge on any atom is -0.398 e. The molecular weight excluding hydrogens is 238 g/mol. The molecule has 0 amide bonds. The first-order valence-electron chi connectivity index (χ1n) is 5.22. The number of rotatable bonds is 5. The van der Waals surface area contributed by atoms with E-state index in [9.17, 15) is 8.42 Å². The van der Waals surface area contributed by atoms with E-state index in [1.807, 2.05) is 6.07 Å². The highest BCUT2D eigenvalue weighted by Crippen LogP contribution is 2.16. The Balaban J connectivity index is 2.63. The fourth-order valence-corrected chi connectivity index (χ4v) is 1.96. The molecule has 1 aromatic carbocycles. The molecule has 0 spiro atoms. The second kappa shape index (κ2) is 5.55. The van der Waals surface area contributed by atoms with Crippen molar-refractivity contribution in [1.29, 1.82) is 5.26 Å². The number of nitrogens with one attached hydrogen (secondary N) is 1. The fourth-order valence-electron chi connectivity index (χ4n) is 1.26. The molecule has 0 saturated carbocycles. The predicted octanol–water partition coefficient (Wildman–Crippen LogP) is 0.987. The predicted molar refractivity (Wildman–Crippen MR) is 68.4 cm³/mol. The van der Waals surface area contributed by atoms with Crippen molar-refractivity contribution < 1.29 is 8.42 Å². The molecule has 0 aliphatic rings. The first-order valence-corrected chi connectivity index (χ1v) is 7.04. The van der Waals surface area contributed by atoms with Crippen LogP contribution >= 0.6 is 0 Å². The van der Waals surface area contributed by atoms with Gasteiger partial charge in [0.2, 0.25) is 0 Å². The molecule has 0 radical (unpaired) electrons. The van der Waals surface area contributed by atoms with Gasteiger partial charge in [-0.1, -0.05) is 6.92 Å². The second-order valence-corrected chi connectivity index (χ2v) is 6.05. The maximum Gasteiger partial charge on any atom is 0.151 e. The Labute approximate surface area is 101 Å². The van der Waals surface area contributed by atoms with E-state index in [0.29, 0.717) is 23.5 Å². The van der Waals surface area contributed by atoms with Gasteiger partial charge in [0.15, 0.2) is 9.84 Å². The minimum atomic E-state index is -2.97. The average Bonchev–Trinajstić information content (AvgIpc) is 2.31. The van der Waals surface area contributed by atoms with Gasteiger partial charge in [0.1, 0.15) is 6.07 Å². The topological polar surface area (TPSA) is 96.0 Å². The van der Waals surface area contributed by atoms with Gasteiger partial charge < -0.3 is 11.1 Å². The smallest absolute Gasteiger partial charge is 0.151 e. The zero-order valence-corrected chi connectivity index (χ0v) is 10.4. The highest BCUT2D eigenvalue weighted by molar-refractivity contribution is 7.91. The number of nitrogens with two attached hydrogens (primary N) is 1. The van der Waals surface area contributed by atoms with Crippen molar-refractivity contribution in [1.82, 2.24) is 0 Å². The van der Waals surface area contributed by atoms with E-state index >= 15 is 0 Å². The molecule has 3 N–H and O–H groups in total. The van der Waals surface area contributed by atoms with Gasteiger partial charge in [-0.2, -0.15) is 5.26 Å². The van der Waals surface area contributed by atoms with E-state index in [2.05, 4.69) is 5.32 Å². The van der Waals surface area contributed by atoms with E-state index in [-0.39, 0.29) is 11.5 Å². The van der Waals surface area contributed by atoms with Crippen LogP contribution in [0.15, 0.2) is 18.2 Å². The summed E-state index contributed by atoms with van der Waals surface area (Å²) < 4.78 is 22.5. The zero-order valence-electron chi connectivity index (χ0n) is 9.60. The fraction of sp³-hybridized carbons (Fsp3) is 0.364. The van der Waals surface area contributed by atoms with Gasteiger partial charge in [0, 0.05) is 23.7 Å². The summed E-state index contributed by atoms with van der Waals surface area (Å²) in [6.45, 7) is 1.94. The average molecular weight is 253 g/mol. The number of sulfone groups is 1. The maximum absolute atomic E-state index is 11.3. The third-order valence-electron chi connectivity index (χ3n) is 2.36. The largest absolute Gasteiger partial charge is 0.398 e. The Hall–Kier alpha value is -1.74. The quantitative estimate of drug-likeness (QED) is 0.763. The van der Waals surface area contributed by atoms with Crippen molar-refractivity contribution in [2.75, 3.05) is 29.1 Å². The first-order chi connectivity index (χ1) is 7.98. The van der Waals surface area contributed by atoms with Gasteiger partial charge >= 0.3 is 0 Å². The second-order valence-electron chi connectivity index (χ2n) is 3.58. The lowest BCUT2D eigenvalue weighted by Crippen LogP contribution is -2.17. The summed E-state index contributed by atoms with van der Waals surface area (Å²) in [5.74, 6) is 0.218. The maximum atomic E-state index is 11.3. The standard InChI is InChI=1S/C11H15N3O2S/c1-2-17(15,16)6-5-14-10-3-4-11(13)9(7-10)8-12/h3-4,7,14H,2,5-6,13H2,1H3. The summed E-state index contributed by atoms with van der Waals surface area (Å²) in [4.78, 5) is 0. The molecule has 0 bridgehead atoms. The van der Waals surface area contributed by atoms with Crippen molar-refractivity contribution in [3.63, 3.8) is 0 Å². The Morgan fingerprint density at radius 1 is 1.47 bits per heavy atom. The molecule has 0 aliphatic heterocycles. The van der Waals surface area contributed by atoms with Crippen LogP contribution in [0, 0.1) is 11.3 Å². The molecule has 0 heterocycles. The van der Waals surface area contributed by atoms with Crippen molar-refractivity contribution in [3.8, 4) is 6.07 Å². The molecule has 5 nitrogen and oxygen atoms in total. The van der Waals surface area contributed by atoms with Crippen LogP contribution in [0.1, 0.15) is 12.5 Å². The third kappa shape index (κ3) is 3.96. The first kappa shape index (κ1) is 13.3. The minimum absolute atomic E-state index is 0.0791. The molecule has 0 fully saturated rings. The number of nitriles is 1. The molecule has 0 aromatic heterocycles. The van der Waals surface area contributed by atoms with Crippen LogP contribution in [0.3, 0.4) is 0 Å². The van der Waals surface area contributed by atoms with Crippen LogP contribution < -0.4 is 11.1 Å². The van der Waals surface area contributed by atoms with Gasteiger partial charge in [0.25, 0.3) is 0 Å². The zero-order chi connectivity index (χ0) is 12.9. The molecule has 1 aromatic rings. The van der Waals surface area contributed by atoms with Crippen molar-refractivity contribution in [2.24, 2.45) is 0 Å². The van der Waals surface area contributed by atoms with Gasteiger partial charge in [-0.15, -0.1) is 0 Å². The van der Waals surface area contributed by atoms with Gasteiger partial charge in [-0.25, -0.2) is 8.42 Å². The molecule has 1 rings (SSSR count). The summed E-state index contributed by atoms with van der Waals surface area (Å²) >= 11 is 0. The van der Waals surface area contributed by atoms with Crippen LogP contribution in [0.4, 0.5) is 11.4 Å². The van der Waals surface area contributed by atoms with E-state index in [1.54, 1.807) is 25.1 Å². The van der Waals surface area contributed by atoms with Crippen LogP contribution in [-0.2, 0) is 9.84 Å². The summed E-state index contributed by atoms with van der Waals surface area (Å²) in [5, 5.41) is 11.7. The molecular formula is C11H15N3O2S. The lowest BCUT2D eigenvalue weighted by Gasteiger charge is -2.07. The van der Waals surface area contributed by atoms with E-state index in [1.165, 1.54) is 0 Å². The van der Waals surface area contributed by atoms with Gasteiger partial charge in [0.05, 0.1) is 11.3 Å². The molecule has 6 heteroatoms.